The smallest absolute Gasteiger partial charge is 0.407 e. The molecule has 168 valence electrons. The lowest BCUT2D eigenvalue weighted by atomic mass is 10.2. The van der Waals surface area contributed by atoms with Gasteiger partial charge < -0.3 is 21.1 Å². The maximum Gasteiger partial charge on any atom is 0.407 e. The van der Waals surface area contributed by atoms with E-state index in [0.29, 0.717) is 18.8 Å². The summed E-state index contributed by atoms with van der Waals surface area (Å²) < 4.78 is 5.16. The number of nitrogens with two attached hydrogens (primary N) is 1. The van der Waals surface area contributed by atoms with Crippen LogP contribution in [0.15, 0.2) is 54.6 Å². The number of ether oxygens (including phenoxy) is 1. The van der Waals surface area contributed by atoms with E-state index >= 15 is 0 Å². The van der Waals surface area contributed by atoms with Gasteiger partial charge in [-0.3, -0.25) is 4.79 Å². The van der Waals surface area contributed by atoms with Gasteiger partial charge >= 0.3 is 6.09 Å². The number of hydrogen-bond acceptors (Lipinski definition) is 5. The van der Waals surface area contributed by atoms with E-state index in [1.807, 2.05) is 30.3 Å². The highest BCUT2D eigenvalue weighted by Crippen LogP contribution is 2.13. The average molecular weight is 444 g/mol. The van der Waals surface area contributed by atoms with Gasteiger partial charge in [0, 0.05) is 24.6 Å². The molecule has 1 atom stereocenters. The van der Waals surface area contributed by atoms with E-state index in [-0.39, 0.29) is 12.5 Å². The van der Waals surface area contributed by atoms with E-state index < -0.39 is 12.1 Å². The van der Waals surface area contributed by atoms with Crippen molar-refractivity contribution in [1.82, 2.24) is 10.6 Å². The van der Waals surface area contributed by atoms with Gasteiger partial charge in [0.15, 0.2) is 0 Å². The summed E-state index contributed by atoms with van der Waals surface area (Å²) in [6.07, 6.45) is 2.16. The monoisotopic (exact) mass is 443 g/mol. The number of rotatable bonds is 13. The predicted molar refractivity (Wildman–Crippen MR) is 127 cm³/mol. The topological polar surface area (TPSA) is 93.5 Å². The Morgan fingerprint density at radius 3 is 2.32 bits per heavy atom. The van der Waals surface area contributed by atoms with E-state index in [1.165, 1.54) is 11.1 Å². The van der Waals surface area contributed by atoms with Crippen molar-refractivity contribution in [2.24, 2.45) is 5.73 Å². The lowest BCUT2D eigenvalue weighted by molar-refractivity contribution is -0.121. The minimum absolute atomic E-state index is 0.112. The molecule has 0 radical (unpaired) electrons. The fourth-order valence-corrected chi connectivity index (χ4v) is 3.75. The van der Waals surface area contributed by atoms with Crippen molar-refractivity contribution >= 4 is 23.8 Å². The van der Waals surface area contributed by atoms with E-state index in [0.717, 1.165) is 30.6 Å². The Kier molecular flexibility index (Phi) is 11.6. The zero-order chi connectivity index (χ0) is 22.3. The zero-order valence-corrected chi connectivity index (χ0v) is 19.0. The van der Waals surface area contributed by atoms with Crippen molar-refractivity contribution in [2.45, 2.75) is 44.6 Å². The number of amides is 2. The molecule has 0 heterocycles. The molecule has 0 saturated carbocycles. The molecule has 2 aromatic rings. The van der Waals surface area contributed by atoms with E-state index in [2.05, 4.69) is 41.8 Å². The molecule has 0 aliphatic carbocycles. The lowest BCUT2D eigenvalue weighted by Crippen LogP contribution is -2.42. The molecule has 0 aromatic heterocycles. The summed E-state index contributed by atoms with van der Waals surface area (Å²) >= 11 is 1.67. The summed E-state index contributed by atoms with van der Waals surface area (Å²) in [6, 6.07) is 17.4. The molecule has 0 aliphatic rings. The molecule has 6 nitrogen and oxygen atoms in total. The van der Waals surface area contributed by atoms with Gasteiger partial charge in [-0.2, -0.15) is 11.8 Å². The van der Waals surface area contributed by atoms with Crippen LogP contribution in [0.1, 0.15) is 36.0 Å². The fourth-order valence-electron chi connectivity index (χ4n) is 2.80. The third-order valence-corrected chi connectivity index (χ3v) is 5.79. The molecule has 0 aliphatic heterocycles. The third kappa shape index (κ3) is 10.9. The second-order valence-electron chi connectivity index (χ2n) is 7.45. The molecule has 0 saturated heterocycles. The first-order valence-corrected chi connectivity index (χ1v) is 11.8. The highest BCUT2D eigenvalue weighted by molar-refractivity contribution is 7.98. The number of unbranched alkanes of at least 4 members (excludes halogenated alkanes) is 2. The van der Waals surface area contributed by atoms with Crippen LogP contribution in [0.25, 0.3) is 0 Å². The molecule has 4 N–H and O–H groups in total. The van der Waals surface area contributed by atoms with Crippen molar-refractivity contribution in [3.8, 4) is 0 Å². The molecule has 7 heteroatoms. The standard InChI is InChI=1S/C24H33N3O3S/c1-19-10-12-21(13-11-19)17-31-18-22(25)23(28)26-14-6-3-7-15-27-24(29)30-16-20-8-4-2-5-9-20/h2,4-5,8-13,22H,3,6-7,14-18,25H2,1H3,(H,26,28)(H,27,29)/t22-/m0/s1. The van der Waals surface area contributed by atoms with Crippen molar-refractivity contribution < 1.29 is 14.3 Å². The molecule has 31 heavy (non-hydrogen) atoms. The Bertz CT molecular complexity index is 784. The van der Waals surface area contributed by atoms with Gasteiger partial charge in [-0.15, -0.1) is 0 Å². The van der Waals surface area contributed by atoms with Gasteiger partial charge in [-0.25, -0.2) is 4.79 Å². The first-order valence-electron chi connectivity index (χ1n) is 10.7. The molecule has 2 aromatic carbocycles. The van der Waals surface area contributed by atoms with Gasteiger partial charge in [0.1, 0.15) is 6.61 Å². The first-order chi connectivity index (χ1) is 15.0. The van der Waals surface area contributed by atoms with Crippen LogP contribution in [-0.4, -0.2) is 36.9 Å². The molecule has 2 amide bonds. The molecule has 0 spiro atoms. The van der Waals surface area contributed by atoms with Crippen molar-refractivity contribution in [1.29, 1.82) is 0 Å². The summed E-state index contributed by atoms with van der Waals surface area (Å²) in [4.78, 5) is 23.7. The minimum atomic E-state index is -0.503. The number of hydrogen-bond donors (Lipinski definition) is 3. The molecule has 0 fully saturated rings. The summed E-state index contributed by atoms with van der Waals surface area (Å²) in [5.74, 6) is 1.33. The van der Waals surface area contributed by atoms with Gasteiger partial charge in [-0.05, 0) is 37.3 Å². The Morgan fingerprint density at radius 2 is 1.61 bits per heavy atom. The van der Waals surface area contributed by atoms with Crippen LogP contribution in [0, 0.1) is 6.92 Å². The second kappa shape index (κ2) is 14.5. The molecule has 0 bridgehead atoms. The normalized spacial score (nSPS) is 11.5. The van der Waals surface area contributed by atoms with Crippen LogP contribution in [0.2, 0.25) is 0 Å². The maximum atomic E-state index is 12.1. The van der Waals surface area contributed by atoms with Crippen LogP contribution in [0.5, 0.6) is 0 Å². The number of thioether (sulfide) groups is 1. The van der Waals surface area contributed by atoms with Crippen LogP contribution < -0.4 is 16.4 Å². The van der Waals surface area contributed by atoms with Gasteiger partial charge in [-0.1, -0.05) is 60.2 Å². The number of nitrogens with one attached hydrogen (secondary N) is 2. The van der Waals surface area contributed by atoms with Crippen LogP contribution >= 0.6 is 11.8 Å². The Labute approximate surface area is 189 Å². The molecule has 2 rings (SSSR count). The first kappa shape index (κ1) is 24.8. The summed E-state index contributed by atoms with van der Waals surface area (Å²) in [6.45, 7) is 3.47. The molecular weight excluding hydrogens is 410 g/mol. The van der Waals surface area contributed by atoms with Gasteiger partial charge in [0.25, 0.3) is 0 Å². The Balaban J connectivity index is 1.44. The van der Waals surface area contributed by atoms with Crippen molar-refractivity contribution in [3.05, 3.63) is 71.3 Å². The van der Waals surface area contributed by atoms with Crippen LogP contribution in [0.3, 0.4) is 0 Å². The van der Waals surface area contributed by atoms with Gasteiger partial charge in [0.2, 0.25) is 5.91 Å². The van der Waals surface area contributed by atoms with E-state index in [4.69, 9.17) is 10.5 Å². The highest BCUT2D eigenvalue weighted by atomic mass is 32.2. The predicted octanol–water partition coefficient (Wildman–Crippen LogP) is 3.77. The zero-order valence-electron chi connectivity index (χ0n) is 18.1. The SMILES string of the molecule is Cc1ccc(CSC[C@H](N)C(=O)NCCCCCNC(=O)OCc2ccccc2)cc1. The van der Waals surface area contributed by atoms with E-state index in [1.54, 1.807) is 11.8 Å². The average Bonchev–Trinajstić information content (AvgIpc) is 2.78. The number of alkyl carbamates (subject to hydrolysis) is 1. The van der Waals surface area contributed by atoms with E-state index in [9.17, 15) is 9.59 Å². The quantitative estimate of drug-likeness (QED) is 0.410. The molecule has 0 unspecified atom stereocenters. The largest absolute Gasteiger partial charge is 0.445 e. The maximum absolute atomic E-state index is 12.1. The lowest BCUT2D eigenvalue weighted by Gasteiger charge is -2.12. The summed E-state index contributed by atoms with van der Waals surface area (Å²) in [5.41, 5.74) is 9.41. The summed E-state index contributed by atoms with van der Waals surface area (Å²) in [5, 5.41) is 5.63. The number of benzene rings is 2. The number of carbonyl (C=O) groups excluding carboxylic acids is 2. The molecular formula is C24H33N3O3S. The third-order valence-electron chi connectivity index (χ3n) is 4.66. The minimum Gasteiger partial charge on any atom is -0.445 e. The fraction of sp³-hybridized carbons (Fsp3) is 0.417. The number of aryl methyl sites for hydroxylation is 1. The van der Waals surface area contributed by atoms with Crippen LogP contribution in [0.4, 0.5) is 4.79 Å². The Morgan fingerprint density at radius 1 is 0.935 bits per heavy atom. The van der Waals surface area contributed by atoms with Crippen molar-refractivity contribution in [3.63, 3.8) is 0 Å². The van der Waals surface area contributed by atoms with Gasteiger partial charge in [0.05, 0.1) is 6.04 Å². The second-order valence-corrected chi connectivity index (χ2v) is 8.48. The van der Waals surface area contributed by atoms with Crippen LogP contribution in [-0.2, 0) is 21.9 Å². The number of carbonyl (C=O) groups is 2. The highest BCUT2D eigenvalue weighted by Gasteiger charge is 2.12. The Hall–Kier alpha value is -2.51. The van der Waals surface area contributed by atoms with Crippen molar-refractivity contribution in [2.75, 3.05) is 18.8 Å². The summed E-state index contributed by atoms with van der Waals surface area (Å²) in [7, 11) is 0.